The number of aromatic carboxylic acids is 1. The number of carboxylic acids is 1. The summed E-state index contributed by atoms with van der Waals surface area (Å²) >= 11 is 0. The Labute approximate surface area is 145 Å². The van der Waals surface area contributed by atoms with E-state index in [0.717, 1.165) is 29.7 Å². The van der Waals surface area contributed by atoms with Crippen LogP contribution < -0.4 is 0 Å². The first kappa shape index (κ1) is 17.0. The molecule has 0 radical (unpaired) electrons. The van der Waals surface area contributed by atoms with Gasteiger partial charge < -0.3 is 15.0 Å². The van der Waals surface area contributed by atoms with Crippen LogP contribution in [0, 0.1) is 6.92 Å². The van der Waals surface area contributed by atoms with Crippen molar-refractivity contribution in [3.63, 3.8) is 0 Å². The maximum absolute atomic E-state index is 12.8. The molecule has 3 rings (SSSR count). The monoisotopic (exact) mass is 340 g/mol. The maximum Gasteiger partial charge on any atom is 0.335 e. The van der Waals surface area contributed by atoms with Crippen LogP contribution in [0.25, 0.3) is 0 Å². The number of Topliss-reactive ketones (excluding diaryl/α,β-unsaturated/α-hetero) is 1. The molecule has 2 aromatic rings. The molecular weight excluding hydrogens is 320 g/mol. The van der Waals surface area contributed by atoms with Crippen molar-refractivity contribution in [3.8, 4) is 0 Å². The lowest BCUT2D eigenvalue weighted by Gasteiger charge is -2.17. The minimum absolute atomic E-state index is 0.0981. The fraction of sp³-hybridized carbons (Fsp3) is 0.316. The molecular formula is C19H20N2O4. The van der Waals surface area contributed by atoms with E-state index in [-0.39, 0.29) is 17.3 Å². The molecule has 1 amide bonds. The number of benzene rings is 1. The number of ketones is 1. The molecule has 0 spiro atoms. The van der Waals surface area contributed by atoms with Gasteiger partial charge in [-0.3, -0.25) is 9.59 Å². The Bertz CT molecular complexity index is 849. The van der Waals surface area contributed by atoms with Crippen LogP contribution in [0.3, 0.4) is 0 Å². The quantitative estimate of drug-likeness (QED) is 0.895. The van der Waals surface area contributed by atoms with Crippen molar-refractivity contribution in [2.24, 2.45) is 0 Å². The fourth-order valence-corrected chi connectivity index (χ4v) is 3.28. The molecule has 0 bridgehead atoms. The van der Waals surface area contributed by atoms with Gasteiger partial charge in [-0.1, -0.05) is 12.1 Å². The summed E-state index contributed by atoms with van der Waals surface area (Å²) < 4.78 is 0. The first-order chi connectivity index (χ1) is 11.9. The van der Waals surface area contributed by atoms with E-state index < -0.39 is 5.97 Å². The average Bonchev–Trinajstić information content (AvgIpc) is 2.92. The highest BCUT2D eigenvalue weighted by atomic mass is 16.4. The number of H-pyrrole nitrogens is 1. The van der Waals surface area contributed by atoms with E-state index in [0.29, 0.717) is 24.2 Å². The molecule has 1 aromatic carbocycles. The van der Waals surface area contributed by atoms with Crippen LogP contribution in [0.2, 0.25) is 0 Å². The topological polar surface area (TPSA) is 90.5 Å². The van der Waals surface area contributed by atoms with Gasteiger partial charge in [-0.15, -0.1) is 0 Å². The first-order valence-electron chi connectivity index (χ1n) is 8.21. The predicted octanol–water partition coefficient (Wildman–Crippen LogP) is 2.81. The van der Waals surface area contributed by atoms with E-state index in [1.54, 1.807) is 31.0 Å². The van der Waals surface area contributed by atoms with Gasteiger partial charge >= 0.3 is 5.97 Å². The van der Waals surface area contributed by atoms with Crippen molar-refractivity contribution >= 4 is 17.7 Å². The van der Waals surface area contributed by atoms with E-state index in [9.17, 15) is 14.4 Å². The molecule has 0 saturated carbocycles. The van der Waals surface area contributed by atoms with Crippen LogP contribution in [0.15, 0.2) is 24.3 Å². The number of carbonyl (C=O) groups is 3. The van der Waals surface area contributed by atoms with Crippen molar-refractivity contribution in [3.05, 3.63) is 57.9 Å². The second-order valence-electron chi connectivity index (χ2n) is 6.42. The molecule has 1 heterocycles. The number of nitrogens with zero attached hydrogens (tertiary/aromatic N) is 1. The summed E-state index contributed by atoms with van der Waals surface area (Å²) in [7, 11) is 1.69. The van der Waals surface area contributed by atoms with Gasteiger partial charge in [-0.25, -0.2) is 4.79 Å². The highest BCUT2D eigenvalue weighted by Gasteiger charge is 2.27. The van der Waals surface area contributed by atoms with E-state index >= 15 is 0 Å². The summed E-state index contributed by atoms with van der Waals surface area (Å²) in [5.74, 6) is -1.06. The number of aromatic amines is 1. The summed E-state index contributed by atoms with van der Waals surface area (Å²) in [6, 6.07) is 6.44. The molecule has 0 unspecified atom stereocenters. The normalized spacial score (nSPS) is 13.4. The van der Waals surface area contributed by atoms with Crippen LogP contribution in [-0.4, -0.2) is 39.7 Å². The van der Waals surface area contributed by atoms with Crippen LogP contribution in [0.1, 0.15) is 60.9 Å². The van der Waals surface area contributed by atoms with Gasteiger partial charge in [0.1, 0.15) is 5.69 Å². The molecule has 25 heavy (non-hydrogen) atoms. The molecule has 1 aliphatic rings. The van der Waals surface area contributed by atoms with Gasteiger partial charge in [0.2, 0.25) is 0 Å². The van der Waals surface area contributed by atoms with Crippen LogP contribution in [0.4, 0.5) is 0 Å². The SMILES string of the molecule is Cc1c(C(=O)N(C)Cc2ccc(C(=O)O)cc2)[nH]c2c1C(=O)CCC2. The van der Waals surface area contributed by atoms with Gasteiger partial charge in [0.05, 0.1) is 5.56 Å². The largest absolute Gasteiger partial charge is 0.478 e. The third-order valence-electron chi connectivity index (χ3n) is 4.62. The Balaban J connectivity index is 1.79. The minimum Gasteiger partial charge on any atom is -0.478 e. The van der Waals surface area contributed by atoms with E-state index in [1.807, 2.05) is 0 Å². The molecule has 1 aliphatic carbocycles. The first-order valence-corrected chi connectivity index (χ1v) is 8.21. The Kier molecular flexibility index (Phi) is 4.44. The minimum atomic E-state index is -0.978. The second-order valence-corrected chi connectivity index (χ2v) is 6.42. The Hall–Kier alpha value is -2.89. The summed E-state index contributed by atoms with van der Waals surface area (Å²) in [5.41, 5.74) is 3.77. The molecule has 1 aromatic heterocycles. The second kappa shape index (κ2) is 6.55. The zero-order valence-electron chi connectivity index (χ0n) is 14.3. The zero-order valence-corrected chi connectivity index (χ0v) is 14.3. The standard InChI is InChI=1S/C19H20N2O4/c1-11-16-14(4-3-5-15(16)22)20-17(11)18(23)21(2)10-12-6-8-13(9-7-12)19(24)25/h6-9,20H,3-5,10H2,1-2H3,(H,24,25). The van der Waals surface area contributed by atoms with Crippen LogP contribution in [0.5, 0.6) is 0 Å². The molecule has 6 nitrogen and oxygen atoms in total. The van der Waals surface area contributed by atoms with Gasteiger partial charge in [0, 0.05) is 31.3 Å². The molecule has 0 saturated heterocycles. The lowest BCUT2D eigenvalue weighted by molar-refractivity contribution is 0.0695. The number of amides is 1. The van der Waals surface area contributed by atoms with Gasteiger partial charge in [0.15, 0.2) is 5.78 Å². The predicted molar refractivity (Wildman–Crippen MR) is 92.0 cm³/mol. The van der Waals surface area contributed by atoms with Gasteiger partial charge in [-0.2, -0.15) is 0 Å². The van der Waals surface area contributed by atoms with E-state index in [2.05, 4.69) is 4.98 Å². The molecule has 6 heteroatoms. The average molecular weight is 340 g/mol. The zero-order chi connectivity index (χ0) is 18.1. The highest BCUT2D eigenvalue weighted by molar-refractivity contribution is 6.04. The number of fused-ring (bicyclic) bond motifs is 1. The molecule has 0 fully saturated rings. The van der Waals surface area contributed by atoms with Crippen molar-refractivity contribution in [1.82, 2.24) is 9.88 Å². The summed E-state index contributed by atoms with van der Waals surface area (Å²) in [6.07, 6.45) is 2.13. The number of aryl methyl sites for hydroxylation is 1. The molecule has 2 N–H and O–H groups in total. The van der Waals surface area contributed by atoms with E-state index in [1.165, 1.54) is 12.1 Å². The number of hydrogen-bond acceptors (Lipinski definition) is 3. The van der Waals surface area contributed by atoms with Crippen molar-refractivity contribution < 1.29 is 19.5 Å². The Morgan fingerprint density at radius 3 is 2.48 bits per heavy atom. The fourth-order valence-electron chi connectivity index (χ4n) is 3.28. The number of nitrogens with one attached hydrogen (secondary N) is 1. The maximum atomic E-state index is 12.8. The van der Waals surface area contributed by atoms with Crippen molar-refractivity contribution in [2.75, 3.05) is 7.05 Å². The van der Waals surface area contributed by atoms with Gasteiger partial charge in [-0.05, 0) is 43.0 Å². The van der Waals surface area contributed by atoms with Gasteiger partial charge in [0.25, 0.3) is 5.91 Å². The van der Waals surface area contributed by atoms with E-state index in [4.69, 9.17) is 5.11 Å². The summed E-state index contributed by atoms with van der Waals surface area (Å²) in [4.78, 5) is 40.4. The van der Waals surface area contributed by atoms with Crippen LogP contribution in [-0.2, 0) is 13.0 Å². The third-order valence-corrected chi connectivity index (χ3v) is 4.62. The van der Waals surface area contributed by atoms with Crippen molar-refractivity contribution in [2.45, 2.75) is 32.7 Å². The smallest absolute Gasteiger partial charge is 0.335 e. The van der Waals surface area contributed by atoms with Crippen molar-refractivity contribution in [1.29, 1.82) is 0 Å². The third kappa shape index (κ3) is 3.20. The Morgan fingerprint density at radius 2 is 1.88 bits per heavy atom. The number of hydrogen-bond donors (Lipinski definition) is 2. The number of carbonyl (C=O) groups excluding carboxylic acids is 2. The highest BCUT2D eigenvalue weighted by Crippen LogP contribution is 2.27. The lowest BCUT2D eigenvalue weighted by Crippen LogP contribution is -2.27. The Morgan fingerprint density at radius 1 is 1.20 bits per heavy atom. The lowest BCUT2D eigenvalue weighted by atomic mass is 9.94. The van der Waals surface area contributed by atoms with Crippen LogP contribution >= 0.6 is 0 Å². The summed E-state index contributed by atoms with van der Waals surface area (Å²) in [6.45, 7) is 2.16. The summed E-state index contributed by atoms with van der Waals surface area (Å²) in [5, 5.41) is 8.93. The number of carboxylic acid groups (broad SMARTS) is 1. The molecule has 0 aliphatic heterocycles. The number of aromatic nitrogens is 1. The molecule has 0 atom stereocenters. The molecule has 130 valence electrons. The number of rotatable bonds is 4.